The molecule has 1 fully saturated rings. The molecule has 0 bridgehead atoms. The van der Waals surface area contributed by atoms with Gasteiger partial charge in [-0.3, -0.25) is 9.69 Å². The van der Waals surface area contributed by atoms with E-state index < -0.39 is 0 Å². The number of carbonyl (C=O) groups is 2. The lowest BCUT2D eigenvalue weighted by molar-refractivity contribution is -0.117. The van der Waals surface area contributed by atoms with Crippen molar-refractivity contribution >= 4 is 23.3 Å². The first-order valence-corrected chi connectivity index (χ1v) is 9.15. The fourth-order valence-corrected chi connectivity index (χ4v) is 3.78. The lowest BCUT2D eigenvalue weighted by Gasteiger charge is -2.30. The maximum atomic E-state index is 12.8. The molecule has 2 heterocycles. The van der Waals surface area contributed by atoms with Gasteiger partial charge in [0.2, 0.25) is 5.91 Å². The zero-order chi connectivity index (χ0) is 18.1. The van der Waals surface area contributed by atoms with Gasteiger partial charge in [0.15, 0.2) is 0 Å². The van der Waals surface area contributed by atoms with Crippen molar-refractivity contribution in [1.29, 1.82) is 0 Å². The number of rotatable bonds is 2. The van der Waals surface area contributed by atoms with E-state index in [2.05, 4.69) is 11.4 Å². The van der Waals surface area contributed by atoms with Gasteiger partial charge >= 0.3 is 6.03 Å². The Bertz CT molecular complexity index is 831. The standard InChI is InChI=1S/C21H23N3O2/c1-15-8-10-18(11-9-15)24-14-17(13-20(24)25)22-21(26)23-12-4-6-16-5-2-3-7-19(16)23/h2-3,5,7-11,17H,4,6,12-14H2,1H3,(H,22,26)/t17-/m1/s1. The molecule has 2 aromatic rings. The summed E-state index contributed by atoms with van der Waals surface area (Å²) in [5.74, 6) is 0.0539. The third-order valence-corrected chi connectivity index (χ3v) is 5.15. The highest BCUT2D eigenvalue weighted by atomic mass is 16.2. The molecule has 26 heavy (non-hydrogen) atoms. The van der Waals surface area contributed by atoms with Crippen LogP contribution in [0.1, 0.15) is 24.0 Å². The zero-order valence-electron chi connectivity index (χ0n) is 14.9. The van der Waals surface area contributed by atoms with Crippen molar-refractivity contribution in [3.63, 3.8) is 0 Å². The molecule has 2 aliphatic rings. The highest BCUT2D eigenvalue weighted by Gasteiger charge is 2.33. The van der Waals surface area contributed by atoms with Crippen molar-refractivity contribution in [2.45, 2.75) is 32.2 Å². The zero-order valence-corrected chi connectivity index (χ0v) is 14.9. The van der Waals surface area contributed by atoms with Crippen LogP contribution in [-0.4, -0.2) is 31.1 Å². The van der Waals surface area contributed by atoms with Crippen LogP contribution < -0.4 is 15.1 Å². The Balaban J connectivity index is 1.45. The topological polar surface area (TPSA) is 52.7 Å². The highest BCUT2D eigenvalue weighted by Crippen LogP contribution is 2.27. The van der Waals surface area contributed by atoms with Gasteiger partial charge in [0.05, 0.1) is 6.04 Å². The van der Waals surface area contributed by atoms with Crippen LogP contribution in [0, 0.1) is 6.92 Å². The molecule has 2 aliphatic heterocycles. The number of benzene rings is 2. The second kappa shape index (κ2) is 6.83. The van der Waals surface area contributed by atoms with E-state index in [0.29, 0.717) is 19.5 Å². The van der Waals surface area contributed by atoms with Gasteiger partial charge in [-0.15, -0.1) is 0 Å². The molecule has 0 spiro atoms. The van der Waals surface area contributed by atoms with Gasteiger partial charge in [-0.1, -0.05) is 35.9 Å². The summed E-state index contributed by atoms with van der Waals surface area (Å²) in [4.78, 5) is 28.7. The first-order valence-electron chi connectivity index (χ1n) is 9.15. The molecule has 5 heteroatoms. The predicted molar refractivity (Wildman–Crippen MR) is 103 cm³/mol. The van der Waals surface area contributed by atoms with Gasteiger partial charge in [-0.05, 0) is 43.5 Å². The Labute approximate surface area is 153 Å². The van der Waals surface area contributed by atoms with Crippen molar-refractivity contribution in [3.05, 3.63) is 59.7 Å². The largest absolute Gasteiger partial charge is 0.333 e. The van der Waals surface area contributed by atoms with Crippen LogP contribution in [0.25, 0.3) is 0 Å². The number of para-hydroxylation sites is 1. The second-order valence-corrected chi connectivity index (χ2v) is 7.07. The SMILES string of the molecule is Cc1ccc(N2C[C@H](NC(=O)N3CCCc4ccccc43)CC2=O)cc1. The van der Waals surface area contributed by atoms with Crippen LogP contribution in [0.3, 0.4) is 0 Å². The van der Waals surface area contributed by atoms with Gasteiger partial charge in [-0.25, -0.2) is 4.79 Å². The molecule has 0 aromatic heterocycles. The van der Waals surface area contributed by atoms with Crippen molar-refractivity contribution < 1.29 is 9.59 Å². The van der Waals surface area contributed by atoms with Crippen molar-refractivity contribution in [2.75, 3.05) is 22.9 Å². The summed E-state index contributed by atoms with van der Waals surface area (Å²) in [5, 5.41) is 3.06. The third kappa shape index (κ3) is 3.17. The Hall–Kier alpha value is -2.82. The van der Waals surface area contributed by atoms with Crippen LogP contribution in [0.5, 0.6) is 0 Å². The summed E-state index contributed by atoms with van der Waals surface area (Å²) < 4.78 is 0. The van der Waals surface area contributed by atoms with Crippen LogP contribution in [0.4, 0.5) is 16.2 Å². The average Bonchev–Trinajstić information content (AvgIpc) is 3.02. The van der Waals surface area contributed by atoms with Gasteiger partial charge < -0.3 is 10.2 Å². The molecule has 1 saturated heterocycles. The normalized spacial score (nSPS) is 19.4. The number of nitrogens with one attached hydrogen (secondary N) is 1. The Morgan fingerprint density at radius 2 is 1.88 bits per heavy atom. The molecule has 5 nitrogen and oxygen atoms in total. The number of anilines is 2. The third-order valence-electron chi connectivity index (χ3n) is 5.15. The quantitative estimate of drug-likeness (QED) is 0.905. The smallest absolute Gasteiger partial charge is 0.322 e. The van der Waals surface area contributed by atoms with Crippen molar-refractivity contribution in [2.24, 2.45) is 0 Å². The van der Waals surface area contributed by atoms with Crippen LogP contribution in [0.2, 0.25) is 0 Å². The van der Waals surface area contributed by atoms with E-state index >= 15 is 0 Å². The molecule has 2 aromatic carbocycles. The molecule has 4 rings (SSSR count). The first kappa shape index (κ1) is 16.6. The number of hydrogen-bond donors (Lipinski definition) is 1. The maximum absolute atomic E-state index is 12.8. The first-order chi connectivity index (χ1) is 12.6. The van der Waals surface area contributed by atoms with Gasteiger partial charge in [0.1, 0.15) is 0 Å². The summed E-state index contributed by atoms with van der Waals surface area (Å²) in [5.41, 5.74) is 4.24. The molecule has 3 amide bonds. The Kier molecular flexibility index (Phi) is 4.37. The minimum atomic E-state index is -0.162. The number of nitrogens with zero attached hydrogens (tertiary/aromatic N) is 2. The molecule has 0 saturated carbocycles. The van der Waals surface area contributed by atoms with Gasteiger partial charge in [-0.2, -0.15) is 0 Å². The van der Waals surface area contributed by atoms with Crippen molar-refractivity contribution in [3.8, 4) is 0 Å². The number of carbonyl (C=O) groups excluding carboxylic acids is 2. The maximum Gasteiger partial charge on any atom is 0.322 e. The lowest BCUT2D eigenvalue weighted by Crippen LogP contribution is -2.47. The molecule has 134 valence electrons. The van der Waals surface area contributed by atoms with Gasteiger partial charge in [0, 0.05) is 30.9 Å². The van der Waals surface area contributed by atoms with Crippen molar-refractivity contribution in [1.82, 2.24) is 5.32 Å². The minimum absolute atomic E-state index is 0.0539. The van der Waals surface area contributed by atoms with Crippen LogP contribution in [0.15, 0.2) is 48.5 Å². The summed E-state index contributed by atoms with van der Waals surface area (Å²) in [6.45, 7) is 3.25. The molecule has 0 radical (unpaired) electrons. The number of urea groups is 1. The van der Waals surface area contributed by atoms with E-state index in [1.807, 2.05) is 49.4 Å². The number of hydrogen-bond acceptors (Lipinski definition) is 2. The van der Waals surface area contributed by atoms with E-state index in [9.17, 15) is 9.59 Å². The molecule has 1 N–H and O–H groups in total. The fourth-order valence-electron chi connectivity index (χ4n) is 3.78. The summed E-state index contributed by atoms with van der Waals surface area (Å²) >= 11 is 0. The van der Waals surface area contributed by atoms with E-state index in [-0.39, 0.29) is 18.0 Å². The second-order valence-electron chi connectivity index (χ2n) is 7.07. The number of fused-ring (bicyclic) bond motifs is 1. The minimum Gasteiger partial charge on any atom is -0.333 e. The molecular weight excluding hydrogens is 326 g/mol. The summed E-state index contributed by atoms with van der Waals surface area (Å²) in [6.07, 6.45) is 2.31. The van der Waals surface area contributed by atoms with Crippen LogP contribution >= 0.6 is 0 Å². The van der Waals surface area contributed by atoms with E-state index in [1.54, 1.807) is 9.80 Å². The van der Waals surface area contributed by atoms with E-state index in [4.69, 9.17) is 0 Å². The summed E-state index contributed by atoms with van der Waals surface area (Å²) in [7, 11) is 0. The number of aryl methyl sites for hydroxylation is 2. The average molecular weight is 349 g/mol. The van der Waals surface area contributed by atoms with Gasteiger partial charge in [0.25, 0.3) is 0 Å². The predicted octanol–water partition coefficient (Wildman–Crippen LogP) is 3.26. The van der Waals surface area contributed by atoms with E-state index in [0.717, 1.165) is 29.8 Å². The van der Waals surface area contributed by atoms with E-state index in [1.165, 1.54) is 5.56 Å². The fraction of sp³-hybridized carbons (Fsp3) is 0.333. The lowest BCUT2D eigenvalue weighted by atomic mass is 10.0. The number of amides is 3. The molecule has 1 atom stereocenters. The molecular formula is C21H23N3O2. The molecule has 0 aliphatic carbocycles. The summed E-state index contributed by atoms with van der Waals surface area (Å²) in [6, 6.07) is 15.7. The molecule has 0 unspecified atom stereocenters. The Morgan fingerprint density at radius 3 is 2.69 bits per heavy atom. The monoisotopic (exact) mass is 349 g/mol. The Morgan fingerprint density at radius 1 is 1.12 bits per heavy atom. The van der Waals surface area contributed by atoms with Crippen LogP contribution in [-0.2, 0) is 11.2 Å². The highest BCUT2D eigenvalue weighted by molar-refractivity contribution is 5.98.